The zero-order valence-corrected chi connectivity index (χ0v) is 25.2. The SMILES string of the molecule is COc1cccc(O)c1C(=O)Nc1ccc(Nc2nc(N3CCCCC3)nc(N3CCCCC3)n2)cc1.Cl.N.N.N.N.[HH].[HH].[HH].[HH]. The maximum Gasteiger partial charge on any atom is 0.263 e. The Morgan fingerprint density at radius 1 is 0.786 bits per heavy atom. The van der Waals surface area contributed by atoms with Crippen LogP contribution < -0.4 is 49.8 Å². The Labute approximate surface area is 259 Å². The van der Waals surface area contributed by atoms with Gasteiger partial charge in [-0.05, 0) is 74.9 Å². The van der Waals surface area contributed by atoms with Crippen molar-refractivity contribution in [3.8, 4) is 11.5 Å². The molecule has 2 aromatic carbocycles. The van der Waals surface area contributed by atoms with E-state index in [0.29, 0.717) is 17.4 Å². The smallest absolute Gasteiger partial charge is 0.263 e. The van der Waals surface area contributed by atoms with Crippen molar-refractivity contribution in [2.45, 2.75) is 38.5 Å². The van der Waals surface area contributed by atoms with Crippen LogP contribution in [0.5, 0.6) is 11.5 Å². The molecule has 15 N–H and O–H groups in total. The van der Waals surface area contributed by atoms with Gasteiger partial charge in [0, 0.05) is 43.3 Å². The Morgan fingerprint density at radius 3 is 1.79 bits per heavy atom. The summed E-state index contributed by atoms with van der Waals surface area (Å²) in [6.45, 7) is 3.83. The minimum atomic E-state index is -0.453. The van der Waals surface area contributed by atoms with E-state index in [9.17, 15) is 9.90 Å². The highest BCUT2D eigenvalue weighted by Gasteiger charge is 2.21. The minimum absolute atomic E-state index is 0. The first-order valence-corrected chi connectivity index (χ1v) is 12.9. The molecule has 3 aromatic rings. The second-order valence-electron chi connectivity index (χ2n) is 9.37. The van der Waals surface area contributed by atoms with Crippen LogP contribution in [0.15, 0.2) is 42.5 Å². The number of carbonyl (C=O) groups excluding carboxylic acids is 1. The zero-order chi connectivity index (χ0) is 25.6. The second kappa shape index (κ2) is 17.8. The Bertz CT molecular complexity index is 1220. The third-order valence-corrected chi connectivity index (χ3v) is 6.74. The van der Waals surface area contributed by atoms with Gasteiger partial charge in [0.25, 0.3) is 5.91 Å². The van der Waals surface area contributed by atoms with Crippen LogP contribution in [0.25, 0.3) is 0 Å². The number of carbonyl (C=O) groups is 1. The van der Waals surface area contributed by atoms with Crippen LogP contribution in [0.2, 0.25) is 0 Å². The number of benzene rings is 2. The molecule has 0 bridgehead atoms. The molecule has 0 saturated carbocycles. The predicted molar refractivity (Wildman–Crippen MR) is 180 cm³/mol. The molecule has 15 heteroatoms. The lowest BCUT2D eigenvalue weighted by Crippen LogP contribution is -2.34. The van der Waals surface area contributed by atoms with Crippen LogP contribution in [0.1, 0.15) is 54.6 Å². The first-order valence-electron chi connectivity index (χ1n) is 12.9. The van der Waals surface area contributed by atoms with E-state index in [0.717, 1.165) is 69.4 Å². The quantitative estimate of drug-likeness (QED) is 0.147. The monoisotopic (exact) mass is 615 g/mol. The summed E-state index contributed by atoms with van der Waals surface area (Å²) in [7, 11) is 1.46. The number of hydrogen-bond donors (Lipinski definition) is 7. The maximum absolute atomic E-state index is 12.8. The van der Waals surface area contributed by atoms with Gasteiger partial charge in [0.05, 0.1) is 7.11 Å². The first kappa shape index (κ1) is 38.0. The topological polar surface area (TPSA) is 256 Å². The number of rotatable bonds is 7. The number of phenols is 1. The van der Waals surface area contributed by atoms with Gasteiger partial charge in [-0.25, -0.2) is 0 Å². The lowest BCUT2D eigenvalue weighted by Gasteiger charge is -2.30. The summed E-state index contributed by atoms with van der Waals surface area (Å²) in [4.78, 5) is 31.6. The fourth-order valence-electron chi connectivity index (χ4n) is 4.76. The molecule has 2 fully saturated rings. The van der Waals surface area contributed by atoms with E-state index in [4.69, 9.17) is 19.7 Å². The van der Waals surface area contributed by atoms with Crippen molar-refractivity contribution in [3.63, 3.8) is 0 Å². The number of nitrogens with one attached hydrogen (secondary N) is 2. The van der Waals surface area contributed by atoms with Crippen LogP contribution in [0.3, 0.4) is 0 Å². The Kier molecular flexibility index (Phi) is 16.1. The number of halogens is 1. The largest absolute Gasteiger partial charge is 0.507 e. The highest BCUT2D eigenvalue weighted by molar-refractivity contribution is 6.08. The van der Waals surface area contributed by atoms with Crippen LogP contribution in [-0.2, 0) is 0 Å². The van der Waals surface area contributed by atoms with E-state index in [-0.39, 0.29) is 54.0 Å². The standard InChI is InChI=1S/C27H33N7O3.ClH.4H3N.4H2/c1-37-22-10-8-9-21(35)23(22)24(36)28-19-11-13-20(14-12-19)29-25-30-26(33-15-4-2-5-16-33)32-27(31-25)34-17-6-3-7-18-34;;;;;;;;;/h8-14,35H,2-7,15-18H2,1H3,(H,28,36)(H,29,30,31,32);1H;4*1H3;4*1H. The summed E-state index contributed by atoms with van der Waals surface area (Å²) < 4.78 is 5.22. The van der Waals surface area contributed by atoms with Crippen LogP contribution in [0.4, 0.5) is 29.2 Å². The lowest BCUT2D eigenvalue weighted by atomic mass is 10.1. The number of aromatic hydroxyl groups is 1. The summed E-state index contributed by atoms with van der Waals surface area (Å²) in [5.74, 6) is 1.66. The van der Waals surface area contributed by atoms with Crippen molar-refractivity contribution < 1.29 is 20.3 Å². The average Bonchev–Trinajstić information content (AvgIpc) is 2.94. The molecule has 2 saturated heterocycles. The summed E-state index contributed by atoms with van der Waals surface area (Å²) in [6, 6.07) is 12.0. The van der Waals surface area contributed by atoms with Gasteiger partial charge in [-0.15, -0.1) is 12.4 Å². The van der Waals surface area contributed by atoms with E-state index in [2.05, 4.69) is 20.4 Å². The molecule has 0 unspecified atom stereocenters. The van der Waals surface area contributed by atoms with Crippen molar-refractivity contribution in [1.29, 1.82) is 0 Å². The molecular formula is C27H54ClN11O3. The maximum atomic E-state index is 12.8. The van der Waals surface area contributed by atoms with Crippen LogP contribution in [0, 0.1) is 0 Å². The number of amides is 1. The van der Waals surface area contributed by atoms with Gasteiger partial charge in [-0.1, -0.05) is 6.07 Å². The highest BCUT2D eigenvalue weighted by atomic mass is 35.5. The summed E-state index contributed by atoms with van der Waals surface area (Å²) >= 11 is 0. The number of anilines is 5. The van der Waals surface area contributed by atoms with Crippen molar-refractivity contribution in [2.75, 3.05) is 53.7 Å². The van der Waals surface area contributed by atoms with Gasteiger partial charge in [0.15, 0.2) is 0 Å². The number of methoxy groups -OCH3 is 1. The summed E-state index contributed by atoms with van der Waals surface area (Å²) in [5, 5.41) is 16.3. The molecule has 0 radical (unpaired) electrons. The second-order valence-corrected chi connectivity index (χ2v) is 9.37. The molecule has 2 aliphatic rings. The number of phenolic OH excluding ortho intramolecular Hbond substituents is 1. The molecule has 0 atom stereocenters. The molecule has 3 heterocycles. The van der Waals surface area contributed by atoms with Crippen molar-refractivity contribution in [3.05, 3.63) is 48.0 Å². The Hall–Kier alpha value is -3.95. The fraction of sp³-hybridized carbons (Fsp3) is 0.407. The average molecular weight is 616 g/mol. The molecule has 14 nitrogen and oxygen atoms in total. The van der Waals surface area contributed by atoms with Gasteiger partial charge < -0.3 is 54.9 Å². The van der Waals surface area contributed by atoms with Gasteiger partial charge in [0.2, 0.25) is 17.8 Å². The van der Waals surface area contributed by atoms with Gasteiger partial charge in [-0.2, -0.15) is 15.0 Å². The molecule has 0 spiro atoms. The van der Waals surface area contributed by atoms with E-state index < -0.39 is 5.91 Å². The van der Waals surface area contributed by atoms with Crippen LogP contribution in [-0.4, -0.2) is 59.3 Å². The van der Waals surface area contributed by atoms with Gasteiger partial charge >= 0.3 is 0 Å². The molecule has 242 valence electrons. The van der Waals surface area contributed by atoms with E-state index in [1.54, 1.807) is 24.3 Å². The molecule has 1 amide bonds. The van der Waals surface area contributed by atoms with Crippen LogP contribution >= 0.6 is 12.4 Å². The summed E-state index contributed by atoms with van der Waals surface area (Å²) in [6.07, 6.45) is 7.07. The molecule has 2 aliphatic heterocycles. The molecule has 1 aromatic heterocycles. The molecule has 42 heavy (non-hydrogen) atoms. The van der Waals surface area contributed by atoms with Crippen molar-refractivity contribution in [2.24, 2.45) is 0 Å². The predicted octanol–water partition coefficient (Wildman–Crippen LogP) is 6.62. The normalized spacial score (nSPS) is 13.9. The first-order chi connectivity index (χ1) is 18.1. The Balaban J connectivity index is -0.000000623. The number of hydrogen-bond acceptors (Lipinski definition) is 13. The summed E-state index contributed by atoms with van der Waals surface area (Å²) in [5.41, 5.74) is 1.46. The number of nitrogens with zero attached hydrogens (tertiary/aromatic N) is 5. The van der Waals surface area contributed by atoms with E-state index >= 15 is 0 Å². The Morgan fingerprint density at radius 2 is 1.29 bits per heavy atom. The molecule has 5 rings (SSSR count). The fourth-order valence-corrected chi connectivity index (χ4v) is 4.76. The van der Waals surface area contributed by atoms with E-state index in [1.807, 2.05) is 12.1 Å². The van der Waals surface area contributed by atoms with Crippen molar-refractivity contribution >= 4 is 47.5 Å². The third-order valence-electron chi connectivity index (χ3n) is 6.74. The lowest BCUT2D eigenvalue weighted by molar-refractivity contribution is 0.102. The van der Waals surface area contributed by atoms with Gasteiger partial charge in [-0.3, -0.25) is 4.79 Å². The van der Waals surface area contributed by atoms with Crippen molar-refractivity contribution in [1.82, 2.24) is 39.6 Å². The number of ether oxygens (including phenoxy) is 1. The minimum Gasteiger partial charge on any atom is -0.507 e. The highest BCUT2D eigenvalue weighted by Crippen LogP contribution is 2.29. The molecular weight excluding hydrogens is 562 g/mol. The van der Waals surface area contributed by atoms with E-state index in [1.165, 1.54) is 26.0 Å². The number of aromatic nitrogens is 3. The van der Waals surface area contributed by atoms with Gasteiger partial charge in [0.1, 0.15) is 17.1 Å². The zero-order valence-electron chi connectivity index (χ0n) is 24.3. The third kappa shape index (κ3) is 9.03. The number of piperidine rings is 2. The molecule has 0 aliphatic carbocycles.